The molecule has 0 bridgehead atoms. The van der Waals surface area contributed by atoms with Crippen LogP contribution in [0.1, 0.15) is 19.3 Å². The van der Waals surface area contributed by atoms with E-state index < -0.39 is 0 Å². The average molecular weight is 327 g/mol. The quantitative estimate of drug-likeness (QED) is 0.882. The second kappa shape index (κ2) is 7.31. The van der Waals surface area contributed by atoms with Gasteiger partial charge in [0.1, 0.15) is 11.5 Å². The van der Waals surface area contributed by atoms with Crippen LogP contribution in [0.3, 0.4) is 0 Å². The lowest BCUT2D eigenvalue weighted by Crippen LogP contribution is -2.23. The molecular formula is C18H21N3O3. The third-order valence-corrected chi connectivity index (χ3v) is 4.13. The molecule has 1 aromatic heterocycles. The third-order valence-electron chi connectivity index (χ3n) is 4.13. The Kier molecular flexibility index (Phi) is 4.96. The molecule has 2 unspecified atom stereocenters. The minimum atomic E-state index is -0.00442. The lowest BCUT2D eigenvalue weighted by atomic mass is 10.1. The molecule has 24 heavy (non-hydrogen) atoms. The van der Waals surface area contributed by atoms with Crippen LogP contribution in [0.4, 0.5) is 5.69 Å². The summed E-state index contributed by atoms with van der Waals surface area (Å²) in [5.41, 5.74) is 6.51. The first kappa shape index (κ1) is 16.3. The van der Waals surface area contributed by atoms with Gasteiger partial charge >= 0.3 is 0 Å². The van der Waals surface area contributed by atoms with E-state index >= 15 is 0 Å². The molecule has 2 atom stereocenters. The lowest BCUT2D eigenvalue weighted by molar-refractivity contribution is -0.119. The van der Waals surface area contributed by atoms with E-state index in [1.165, 1.54) is 0 Å². The first-order chi connectivity index (χ1) is 11.6. The fourth-order valence-corrected chi connectivity index (χ4v) is 2.78. The highest BCUT2D eigenvalue weighted by Crippen LogP contribution is 2.26. The van der Waals surface area contributed by atoms with Gasteiger partial charge < -0.3 is 20.5 Å². The Morgan fingerprint density at radius 1 is 1.17 bits per heavy atom. The fraction of sp³-hybridized carbons (Fsp3) is 0.333. The zero-order valence-electron chi connectivity index (χ0n) is 13.6. The van der Waals surface area contributed by atoms with Gasteiger partial charge in [0.2, 0.25) is 11.8 Å². The van der Waals surface area contributed by atoms with Crippen LogP contribution in [0.25, 0.3) is 0 Å². The molecule has 6 heteroatoms. The maximum Gasteiger partial charge on any atom is 0.227 e. The predicted molar refractivity (Wildman–Crippen MR) is 91.3 cm³/mol. The minimum absolute atomic E-state index is 0.00442. The van der Waals surface area contributed by atoms with Crippen LogP contribution in [0, 0.1) is 5.92 Å². The SMILES string of the molecule is COc1ccc(Oc2ccc(NC(=O)C3CCC(N)C3)cn2)cc1. The van der Waals surface area contributed by atoms with Crippen molar-refractivity contribution in [2.75, 3.05) is 12.4 Å². The number of anilines is 1. The minimum Gasteiger partial charge on any atom is -0.497 e. The number of hydrogen-bond acceptors (Lipinski definition) is 5. The molecule has 0 spiro atoms. The first-order valence-electron chi connectivity index (χ1n) is 7.98. The fourth-order valence-electron chi connectivity index (χ4n) is 2.78. The summed E-state index contributed by atoms with van der Waals surface area (Å²) in [7, 11) is 1.61. The monoisotopic (exact) mass is 327 g/mol. The molecule has 0 saturated heterocycles. The Hall–Kier alpha value is -2.60. The highest BCUT2D eigenvalue weighted by molar-refractivity contribution is 5.92. The first-order valence-corrected chi connectivity index (χ1v) is 7.98. The summed E-state index contributed by atoms with van der Waals surface area (Å²) in [6, 6.07) is 10.9. The highest BCUT2D eigenvalue weighted by atomic mass is 16.5. The number of rotatable bonds is 5. The molecule has 6 nitrogen and oxygen atoms in total. The number of benzene rings is 1. The van der Waals surface area contributed by atoms with Crippen LogP contribution in [0.2, 0.25) is 0 Å². The average Bonchev–Trinajstić information content (AvgIpc) is 3.04. The van der Waals surface area contributed by atoms with Crippen LogP contribution in [-0.2, 0) is 4.79 Å². The zero-order chi connectivity index (χ0) is 16.9. The molecule has 1 fully saturated rings. The van der Waals surface area contributed by atoms with E-state index in [4.69, 9.17) is 15.2 Å². The van der Waals surface area contributed by atoms with E-state index in [0.717, 1.165) is 25.0 Å². The van der Waals surface area contributed by atoms with Gasteiger partial charge in [-0.05, 0) is 49.6 Å². The number of nitrogens with zero attached hydrogens (tertiary/aromatic N) is 1. The summed E-state index contributed by atoms with van der Waals surface area (Å²) in [4.78, 5) is 16.4. The Morgan fingerprint density at radius 3 is 2.50 bits per heavy atom. The molecule has 1 amide bonds. The summed E-state index contributed by atoms with van der Waals surface area (Å²) in [6.07, 6.45) is 4.09. The third kappa shape index (κ3) is 4.02. The van der Waals surface area contributed by atoms with E-state index in [2.05, 4.69) is 10.3 Å². The van der Waals surface area contributed by atoms with E-state index in [-0.39, 0.29) is 17.9 Å². The number of hydrogen-bond donors (Lipinski definition) is 2. The number of pyridine rings is 1. The van der Waals surface area contributed by atoms with Crippen molar-refractivity contribution in [3.05, 3.63) is 42.6 Å². The van der Waals surface area contributed by atoms with Gasteiger partial charge in [0.15, 0.2) is 0 Å². The Labute approximate surface area is 141 Å². The summed E-state index contributed by atoms with van der Waals surface area (Å²) in [5.74, 6) is 1.89. The molecular weight excluding hydrogens is 306 g/mol. The van der Waals surface area contributed by atoms with Gasteiger partial charge in [-0.1, -0.05) is 0 Å². The van der Waals surface area contributed by atoms with Gasteiger partial charge in [-0.2, -0.15) is 0 Å². The van der Waals surface area contributed by atoms with Gasteiger partial charge in [-0.3, -0.25) is 4.79 Å². The molecule has 2 aromatic rings. The van der Waals surface area contributed by atoms with E-state index in [1.54, 1.807) is 37.6 Å². The normalized spacial score (nSPS) is 19.8. The van der Waals surface area contributed by atoms with Crippen LogP contribution >= 0.6 is 0 Å². The second-order valence-electron chi connectivity index (χ2n) is 5.92. The molecule has 0 aliphatic heterocycles. The van der Waals surface area contributed by atoms with Crippen molar-refractivity contribution in [2.24, 2.45) is 11.7 Å². The molecule has 1 aliphatic carbocycles. The second-order valence-corrected chi connectivity index (χ2v) is 5.92. The summed E-state index contributed by atoms with van der Waals surface area (Å²) >= 11 is 0. The number of ether oxygens (including phenoxy) is 2. The number of nitrogens with one attached hydrogen (secondary N) is 1. The van der Waals surface area contributed by atoms with Crippen molar-refractivity contribution >= 4 is 11.6 Å². The maximum absolute atomic E-state index is 12.2. The van der Waals surface area contributed by atoms with Crippen molar-refractivity contribution in [1.82, 2.24) is 4.98 Å². The van der Waals surface area contributed by atoms with Gasteiger partial charge in [0.25, 0.3) is 0 Å². The summed E-state index contributed by atoms with van der Waals surface area (Å²) in [6.45, 7) is 0. The molecule has 1 aliphatic rings. The van der Waals surface area contributed by atoms with Crippen LogP contribution < -0.4 is 20.5 Å². The summed E-state index contributed by atoms with van der Waals surface area (Å²) in [5, 5.41) is 2.88. The molecule has 1 aromatic carbocycles. The topological polar surface area (TPSA) is 86.5 Å². The van der Waals surface area contributed by atoms with Gasteiger partial charge in [-0.25, -0.2) is 4.98 Å². The summed E-state index contributed by atoms with van der Waals surface area (Å²) < 4.78 is 10.8. The maximum atomic E-state index is 12.2. The van der Waals surface area contributed by atoms with Crippen molar-refractivity contribution in [2.45, 2.75) is 25.3 Å². The van der Waals surface area contributed by atoms with E-state index in [1.807, 2.05) is 12.1 Å². The van der Waals surface area contributed by atoms with Crippen LogP contribution in [0.15, 0.2) is 42.6 Å². The zero-order valence-corrected chi connectivity index (χ0v) is 13.6. The Morgan fingerprint density at radius 2 is 1.92 bits per heavy atom. The molecule has 3 N–H and O–H groups in total. The number of nitrogens with two attached hydrogens (primary N) is 1. The van der Waals surface area contributed by atoms with Gasteiger partial charge in [-0.15, -0.1) is 0 Å². The Bertz CT molecular complexity index is 686. The highest BCUT2D eigenvalue weighted by Gasteiger charge is 2.27. The van der Waals surface area contributed by atoms with Gasteiger partial charge in [0, 0.05) is 18.0 Å². The largest absolute Gasteiger partial charge is 0.497 e. The predicted octanol–water partition coefficient (Wildman–Crippen LogP) is 2.95. The number of methoxy groups -OCH3 is 1. The lowest BCUT2D eigenvalue weighted by Gasteiger charge is -2.11. The number of carbonyl (C=O) groups excluding carboxylic acids is 1. The van der Waals surface area contributed by atoms with Crippen molar-refractivity contribution in [3.63, 3.8) is 0 Å². The van der Waals surface area contributed by atoms with Crippen LogP contribution in [0.5, 0.6) is 17.4 Å². The van der Waals surface area contributed by atoms with E-state index in [9.17, 15) is 4.79 Å². The smallest absolute Gasteiger partial charge is 0.227 e. The van der Waals surface area contributed by atoms with Crippen molar-refractivity contribution in [3.8, 4) is 17.4 Å². The van der Waals surface area contributed by atoms with E-state index in [0.29, 0.717) is 17.3 Å². The molecule has 1 saturated carbocycles. The number of carbonyl (C=O) groups is 1. The molecule has 126 valence electrons. The standard InChI is InChI=1S/C18H21N3O3/c1-23-15-5-7-16(8-6-15)24-17-9-4-14(11-20-17)21-18(22)12-2-3-13(19)10-12/h4-9,11-13H,2-3,10,19H2,1H3,(H,21,22). The number of aromatic nitrogens is 1. The van der Waals surface area contributed by atoms with Crippen molar-refractivity contribution in [1.29, 1.82) is 0 Å². The number of amides is 1. The van der Waals surface area contributed by atoms with Gasteiger partial charge in [0.05, 0.1) is 19.0 Å². The molecule has 0 radical (unpaired) electrons. The Balaban J connectivity index is 1.57. The molecule has 3 rings (SSSR count). The van der Waals surface area contributed by atoms with Crippen LogP contribution in [-0.4, -0.2) is 24.0 Å². The van der Waals surface area contributed by atoms with Crippen molar-refractivity contribution < 1.29 is 14.3 Å². The molecule has 1 heterocycles.